The van der Waals surface area contributed by atoms with Crippen LogP contribution in [0.3, 0.4) is 0 Å². The summed E-state index contributed by atoms with van der Waals surface area (Å²) in [5, 5.41) is 0. The van der Waals surface area contributed by atoms with Crippen molar-refractivity contribution in [1.82, 2.24) is 9.80 Å². The molecule has 1 spiro atoms. The minimum atomic E-state index is -0.134. The second-order valence-corrected chi connectivity index (χ2v) is 9.12. The zero-order valence-electron chi connectivity index (χ0n) is 16.3. The molecule has 146 valence electrons. The van der Waals surface area contributed by atoms with Gasteiger partial charge < -0.3 is 14.5 Å². The van der Waals surface area contributed by atoms with Crippen molar-refractivity contribution in [2.45, 2.75) is 70.8 Å². The van der Waals surface area contributed by atoms with Gasteiger partial charge in [0.15, 0.2) is 0 Å². The van der Waals surface area contributed by atoms with Crippen molar-refractivity contribution >= 4 is 11.9 Å². The quantitative estimate of drug-likeness (QED) is 0.771. The molecule has 1 unspecified atom stereocenters. The van der Waals surface area contributed by atoms with Gasteiger partial charge in [-0.15, -0.1) is 0 Å². The lowest BCUT2D eigenvalue weighted by Gasteiger charge is -2.52. The van der Waals surface area contributed by atoms with Crippen molar-refractivity contribution in [1.29, 1.82) is 0 Å². The number of nitrogens with zero attached hydrogens (tertiary/aromatic N) is 2. The molecule has 0 radical (unpaired) electrons. The first-order valence-corrected chi connectivity index (χ1v) is 10.8. The van der Waals surface area contributed by atoms with E-state index in [2.05, 4.69) is 4.90 Å². The van der Waals surface area contributed by atoms with Gasteiger partial charge in [0.05, 0.1) is 6.61 Å². The summed E-state index contributed by atoms with van der Waals surface area (Å²) in [7, 11) is 0. The molecule has 4 fully saturated rings. The summed E-state index contributed by atoms with van der Waals surface area (Å²) in [6.07, 6.45) is 10.2. The fraction of sp³-hybridized carbons (Fsp3) is 0.905. The first-order chi connectivity index (χ1) is 12.6. The Morgan fingerprint density at radius 1 is 1.15 bits per heavy atom. The van der Waals surface area contributed by atoms with Crippen molar-refractivity contribution in [2.24, 2.45) is 17.3 Å². The fourth-order valence-electron chi connectivity index (χ4n) is 6.03. The molecule has 0 bridgehead atoms. The molecular formula is C21H34N2O3. The second-order valence-electron chi connectivity index (χ2n) is 9.12. The summed E-state index contributed by atoms with van der Waals surface area (Å²) < 4.78 is 5.16. The summed E-state index contributed by atoms with van der Waals surface area (Å²) >= 11 is 0. The molecule has 2 aliphatic heterocycles. The SMILES string of the molecule is CCOC(=O)N1CCC2(CC(N3CCC(C4CCCCC4=O)CC3)C2)C1. The summed E-state index contributed by atoms with van der Waals surface area (Å²) in [4.78, 5) is 28.7. The third kappa shape index (κ3) is 3.51. The molecule has 2 saturated heterocycles. The first-order valence-electron chi connectivity index (χ1n) is 10.8. The molecular weight excluding hydrogens is 328 g/mol. The molecule has 5 nitrogen and oxygen atoms in total. The van der Waals surface area contributed by atoms with Gasteiger partial charge in [-0.1, -0.05) is 6.42 Å². The summed E-state index contributed by atoms with van der Waals surface area (Å²) in [6.45, 7) is 6.40. The van der Waals surface area contributed by atoms with Gasteiger partial charge in [-0.3, -0.25) is 4.79 Å². The standard InChI is InChI=1S/C21H34N2O3/c1-2-26-20(25)23-12-9-21(15-23)13-17(14-21)22-10-7-16(8-11-22)18-5-3-4-6-19(18)24/h16-18H,2-15H2,1H3. The minimum absolute atomic E-state index is 0.134. The lowest BCUT2D eigenvalue weighted by atomic mass is 9.64. The van der Waals surface area contributed by atoms with E-state index in [0.717, 1.165) is 51.9 Å². The highest BCUT2D eigenvalue weighted by Crippen LogP contribution is 2.51. The molecule has 2 saturated carbocycles. The number of amides is 1. The Kier molecular flexibility index (Phi) is 5.27. The summed E-state index contributed by atoms with van der Waals surface area (Å²) in [6, 6.07) is 0.695. The van der Waals surface area contributed by atoms with Crippen LogP contribution in [0.25, 0.3) is 0 Å². The molecule has 1 atom stereocenters. The Morgan fingerprint density at radius 2 is 1.92 bits per heavy atom. The highest BCUT2D eigenvalue weighted by Gasteiger charge is 2.51. The van der Waals surface area contributed by atoms with Crippen molar-refractivity contribution in [3.8, 4) is 0 Å². The number of piperidine rings is 1. The lowest BCUT2D eigenvalue weighted by molar-refractivity contribution is -0.127. The number of rotatable bonds is 3. The van der Waals surface area contributed by atoms with E-state index in [1.165, 1.54) is 32.1 Å². The average molecular weight is 363 g/mol. The number of Topliss-reactive ketones (excluding diaryl/α,β-unsaturated/α-hetero) is 1. The maximum atomic E-state index is 12.2. The zero-order chi connectivity index (χ0) is 18.1. The van der Waals surface area contributed by atoms with Crippen molar-refractivity contribution < 1.29 is 14.3 Å². The van der Waals surface area contributed by atoms with Crippen LogP contribution in [-0.2, 0) is 9.53 Å². The number of ketones is 1. The van der Waals surface area contributed by atoms with Crippen LogP contribution >= 0.6 is 0 Å². The number of hydrogen-bond acceptors (Lipinski definition) is 4. The molecule has 5 heteroatoms. The molecule has 4 rings (SSSR count). The van der Waals surface area contributed by atoms with Crippen molar-refractivity contribution in [2.75, 3.05) is 32.8 Å². The van der Waals surface area contributed by atoms with Crippen molar-refractivity contribution in [3.05, 3.63) is 0 Å². The van der Waals surface area contributed by atoms with E-state index in [1.807, 2.05) is 11.8 Å². The third-order valence-electron chi connectivity index (χ3n) is 7.56. The van der Waals surface area contributed by atoms with Gasteiger partial charge in [-0.2, -0.15) is 0 Å². The van der Waals surface area contributed by atoms with Gasteiger partial charge in [0.1, 0.15) is 5.78 Å². The Hall–Kier alpha value is -1.10. The van der Waals surface area contributed by atoms with E-state index in [-0.39, 0.29) is 6.09 Å². The van der Waals surface area contributed by atoms with Crippen LogP contribution in [0.1, 0.15) is 64.7 Å². The topological polar surface area (TPSA) is 49.9 Å². The molecule has 0 aromatic rings. The molecule has 4 aliphatic rings. The number of carbonyl (C=O) groups excluding carboxylic acids is 2. The maximum absolute atomic E-state index is 12.2. The van der Waals surface area contributed by atoms with Crippen LogP contribution in [0, 0.1) is 17.3 Å². The Labute approximate surface area is 157 Å². The number of hydrogen-bond donors (Lipinski definition) is 0. The predicted molar refractivity (Wildman–Crippen MR) is 99.9 cm³/mol. The van der Waals surface area contributed by atoms with Gasteiger partial charge in [-0.25, -0.2) is 4.79 Å². The molecule has 1 amide bonds. The lowest BCUT2D eigenvalue weighted by Crippen LogP contribution is -2.54. The molecule has 0 aromatic carbocycles. The zero-order valence-corrected chi connectivity index (χ0v) is 16.3. The van der Waals surface area contributed by atoms with Crippen LogP contribution in [0.5, 0.6) is 0 Å². The molecule has 0 aromatic heterocycles. The van der Waals surface area contributed by atoms with E-state index in [0.29, 0.717) is 35.7 Å². The summed E-state index contributed by atoms with van der Waals surface area (Å²) in [5.74, 6) is 1.55. The number of ether oxygens (including phenoxy) is 1. The smallest absolute Gasteiger partial charge is 0.409 e. The van der Waals surface area contributed by atoms with E-state index in [4.69, 9.17) is 4.74 Å². The van der Waals surface area contributed by atoms with Crippen LogP contribution in [0.2, 0.25) is 0 Å². The largest absolute Gasteiger partial charge is 0.450 e. The van der Waals surface area contributed by atoms with Crippen molar-refractivity contribution in [3.63, 3.8) is 0 Å². The van der Waals surface area contributed by atoms with E-state index in [9.17, 15) is 9.59 Å². The van der Waals surface area contributed by atoms with Crippen LogP contribution < -0.4 is 0 Å². The van der Waals surface area contributed by atoms with Gasteiger partial charge in [0.2, 0.25) is 0 Å². The first kappa shape index (κ1) is 18.3. The number of carbonyl (C=O) groups is 2. The maximum Gasteiger partial charge on any atom is 0.409 e. The fourth-order valence-corrected chi connectivity index (χ4v) is 6.03. The van der Waals surface area contributed by atoms with Gasteiger partial charge in [0, 0.05) is 31.5 Å². The summed E-state index contributed by atoms with van der Waals surface area (Å²) in [5.41, 5.74) is 0.355. The van der Waals surface area contributed by atoms with Gasteiger partial charge >= 0.3 is 6.09 Å². The molecule has 2 heterocycles. The Bertz CT molecular complexity index is 535. The molecule has 26 heavy (non-hydrogen) atoms. The minimum Gasteiger partial charge on any atom is -0.450 e. The average Bonchev–Trinajstić information content (AvgIpc) is 3.07. The molecule has 2 aliphatic carbocycles. The van der Waals surface area contributed by atoms with Crippen LogP contribution in [-0.4, -0.2) is 60.5 Å². The van der Waals surface area contributed by atoms with E-state index >= 15 is 0 Å². The Balaban J connectivity index is 1.22. The van der Waals surface area contributed by atoms with Crippen LogP contribution in [0.4, 0.5) is 4.79 Å². The van der Waals surface area contributed by atoms with Gasteiger partial charge in [0.25, 0.3) is 0 Å². The van der Waals surface area contributed by atoms with Gasteiger partial charge in [-0.05, 0) is 76.3 Å². The second kappa shape index (κ2) is 7.49. The highest BCUT2D eigenvalue weighted by atomic mass is 16.6. The van der Waals surface area contributed by atoms with Crippen LogP contribution in [0.15, 0.2) is 0 Å². The van der Waals surface area contributed by atoms with E-state index < -0.39 is 0 Å². The number of likely N-dealkylation sites (tertiary alicyclic amines) is 2. The normalized spacial score (nSPS) is 36.3. The monoisotopic (exact) mass is 362 g/mol. The molecule has 0 N–H and O–H groups in total. The van der Waals surface area contributed by atoms with E-state index in [1.54, 1.807) is 0 Å². The highest BCUT2D eigenvalue weighted by molar-refractivity contribution is 5.81. The predicted octanol–water partition coefficient (Wildman–Crippen LogP) is 3.47. The Morgan fingerprint density at radius 3 is 2.62 bits per heavy atom. The third-order valence-corrected chi connectivity index (χ3v) is 7.56.